The second-order valence-corrected chi connectivity index (χ2v) is 3.36. The third kappa shape index (κ3) is 2.47. The lowest BCUT2D eigenvalue weighted by Gasteiger charge is -2.19. The van der Waals surface area contributed by atoms with Crippen LogP contribution in [0.2, 0.25) is 0 Å². The Bertz CT molecular complexity index is 354. The third-order valence-corrected chi connectivity index (χ3v) is 2.07. The fraction of sp³-hybridized carbons (Fsp3) is 0.500. The summed E-state index contributed by atoms with van der Waals surface area (Å²) >= 11 is 0. The van der Waals surface area contributed by atoms with E-state index in [0.717, 1.165) is 0 Å². The lowest BCUT2D eigenvalue weighted by molar-refractivity contribution is -0.121. The van der Waals surface area contributed by atoms with Gasteiger partial charge in [0.2, 0.25) is 0 Å². The molecular formula is C8H13N5O3. The summed E-state index contributed by atoms with van der Waals surface area (Å²) in [6.45, 7) is 1.86. The summed E-state index contributed by atoms with van der Waals surface area (Å²) in [5, 5.41) is 8.06. The van der Waals surface area contributed by atoms with E-state index in [2.05, 4.69) is 15.7 Å². The first kappa shape index (κ1) is 12.0. The van der Waals surface area contributed by atoms with Gasteiger partial charge in [0.25, 0.3) is 5.91 Å². The molecule has 1 aliphatic heterocycles. The average Bonchev–Trinajstić information content (AvgIpc) is 2.42. The van der Waals surface area contributed by atoms with Gasteiger partial charge in [-0.2, -0.15) is 5.10 Å². The number of nitrogens with two attached hydrogens (primary N) is 1. The molecule has 5 amide bonds. The highest BCUT2D eigenvalue weighted by Crippen LogP contribution is 2.15. The van der Waals surface area contributed by atoms with Gasteiger partial charge in [0.15, 0.2) is 5.54 Å². The summed E-state index contributed by atoms with van der Waals surface area (Å²) in [5.74, 6) is -0.491. The van der Waals surface area contributed by atoms with Gasteiger partial charge in [-0.05, 0) is 6.42 Å². The maximum atomic E-state index is 11.5. The second-order valence-electron chi connectivity index (χ2n) is 3.36. The minimum absolute atomic E-state index is 0.383. The first-order valence-electron chi connectivity index (χ1n) is 4.73. The Morgan fingerprint density at radius 1 is 1.62 bits per heavy atom. The molecule has 0 aromatic rings. The fourth-order valence-electron chi connectivity index (χ4n) is 1.44. The molecule has 5 N–H and O–H groups in total. The van der Waals surface area contributed by atoms with E-state index in [0.29, 0.717) is 12.8 Å². The van der Waals surface area contributed by atoms with Crippen molar-refractivity contribution < 1.29 is 14.4 Å². The van der Waals surface area contributed by atoms with Crippen LogP contribution in [0.15, 0.2) is 5.10 Å². The first-order valence-corrected chi connectivity index (χ1v) is 4.73. The number of amides is 5. The topological polar surface area (TPSA) is 126 Å². The number of hydrogen-bond acceptors (Lipinski definition) is 4. The number of carbonyl (C=O) groups is 3. The van der Waals surface area contributed by atoms with Crippen LogP contribution in [0.4, 0.5) is 9.59 Å². The molecule has 1 fully saturated rings. The molecule has 0 saturated carbocycles. The van der Waals surface area contributed by atoms with E-state index in [1.165, 1.54) is 6.21 Å². The molecule has 88 valence electrons. The summed E-state index contributed by atoms with van der Waals surface area (Å²) in [5.41, 5.74) is 5.57. The summed E-state index contributed by atoms with van der Waals surface area (Å²) in [6.07, 6.45) is 2.21. The number of primary amides is 1. The molecule has 0 unspecified atom stereocenters. The van der Waals surface area contributed by atoms with Crippen molar-refractivity contribution in [2.75, 3.05) is 0 Å². The Balaban J connectivity index is 2.81. The highest BCUT2D eigenvalue weighted by atomic mass is 16.2. The fourth-order valence-corrected chi connectivity index (χ4v) is 1.44. The highest BCUT2D eigenvalue weighted by molar-refractivity contribution is 6.16. The summed E-state index contributed by atoms with van der Waals surface area (Å²) in [7, 11) is 0. The molecule has 1 rings (SSSR count). The van der Waals surface area contributed by atoms with Crippen molar-refractivity contribution in [1.82, 2.24) is 16.1 Å². The van der Waals surface area contributed by atoms with Gasteiger partial charge in [-0.1, -0.05) is 13.3 Å². The number of carbonyl (C=O) groups excluding carboxylic acids is 3. The number of hydrazone groups is 1. The van der Waals surface area contributed by atoms with Crippen LogP contribution < -0.4 is 21.8 Å². The van der Waals surface area contributed by atoms with Crippen LogP contribution in [-0.4, -0.2) is 29.7 Å². The second kappa shape index (κ2) is 4.60. The van der Waals surface area contributed by atoms with E-state index in [1.54, 1.807) is 0 Å². The zero-order chi connectivity index (χ0) is 12.2. The van der Waals surface area contributed by atoms with Crippen molar-refractivity contribution in [3.8, 4) is 0 Å². The largest absolute Gasteiger partial charge is 0.350 e. The van der Waals surface area contributed by atoms with Crippen LogP contribution in [0.25, 0.3) is 0 Å². The summed E-state index contributed by atoms with van der Waals surface area (Å²) < 4.78 is 0. The van der Waals surface area contributed by atoms with Crippen molar-refractivity contribution in [2.45, 2.75) is 25.3 Å². The van der Waals surface area contributed by atoms with Gasteiger partial charge in [-0.3, -0.25) is 10.1 Å². The van der Waals surface area contributed by atoms with Gasteiger partial charge in [-0.15, -0.1) is 0 Å². The predicted octanol–water partition coefficient (Wildman–Crippen LogP) is -0.981. The zero-order valence-corrected chi connectivity index (χ0v) is 8.74. The lowest BCUT2D eigenvalue weighted by atomic mass is 9.96. The van der Waals surface area contributed by atoms with Crippen LogP contribution in [0.1, 0.15) is 19.8 Å². The van der Waals surface area contributed by atoms with Gasteiger partial charge in [0.05, 0.1) is 6.21 Å². The van der Waals surface area contributed by atoms with Gasteiger partial charge < -0.3 is 11.1 Å². The molecule has 0 aliphatic carbocycles. The normalized spacial score (nSPS) is 24.3. The van der Waals surface area contributed by atoms with Crippen LogP contribution in [0, 0.1) is 0 Å². The van der Waals surface area contributed by atoms with Crippen molar-refractivity contribution in [1.29, 1.82) is 0 Å². The Hall–Kier alpha value is -2.12. The van der Waals surface area contributed by atoms with Crippen LogP contribution in [0.3, 0.4) is 0 Å². The smallest absolute Gasteiger partial charge is 0.332 e. The molecule has 1 heterocycles. The average molecular weight is 227 g/mol. The van der Waals surface area contributed by atoms with Gasteiger partial charge >= 0.3 is 12.1 Å². The van der Waals surface area contributed by atoms with Crippen molar-refractivity contribution in [3.05, 3.63) is 0 Å². The lowest BCUT2D eigenvalue weighted by Crippen LogP contribution is -2.49. The molecular weight excluding hydrogens is 214 g/mol. The van der Waals surface area contributed by atoms with Gasteiger partial charge in [-0.25, -0.2) is 15.0 Å². The number of rotatable bonds is 4. The van der Waals surface area contributed by atoms with Crippen molar-refractivity contribution in [3.63, 3.8) is 0 Å². The maximum absolute atomic E-state index is 11.5. The molecule has 0 aromatic carbocycles. The van der Waals surface area contributed by atoms with Crippen LogP contribution in [-0.2, 0) is 4.79 Å². The molecule has 8 heteroatoms. The van der Waals surface area contributed by atoms with E-state index < -0.39 is 23.5 Å². The quantitative estimate of drug-likeness (QED) is 0.280. The Kier molecular flexibility index (Phi) is 3.44. The first-order chi connectivity index (χ1) is 7.50. The Morgan fingerprint density at radius 3 is 2.75 bits per heavy atom. The predicted molar refractivity (Wildman–Crippen MR) is 55.5 cm³/mol. The molecule has 1 atom stereocenters. The summed E-state index contributed by atoms with van der Waals surface area (Å²) in [4.78, 5) is 33.0. The molecule has 1 aliphatic rings. The zero-order valence-electron chi connectivity index (χ0n) is 8.74. The molecule has 0 aromatic heterocycles. The minimum atomic E-state index is -1.20. The number of urea groups is 2. The number of imide groups is 1. The highest BCUT2D eigenvalue weighted by Gasteiger charge is 2.44. The van der Waals surface area contributed by atoms with E-state index in [4.69, 9.17) is 5.73 Å². The monoisotopic (exact) mass is 227 g/mol. The van der Waals surface area contributed by atoms with Gasteiger partial charge in [0.1, 0.15) is 0 Å². The Morgan fingerprint density at radius 2 is 2.31 bits per heavy atom. The molecule has 0 radical (unpaired) electrons. The molecule has 0 bridgehead atoms. The number of hydrogen-bond donors (Lipinski definition) is 4. The van der Waals surface area contributed by atoms with E-state index in [1.807, 2.05) is 12.3 Å². The third-order valence-electron chi connectivity index (χ3n) is 2.07. The van der Waals surface area contributed by atoms with Crippen LogP contribution >= 0.6 is 0 Å². The maximum Gasteiger partial charge on any atom is 0.332 e. The van der Waals surface area contributed by atoms with Gasteiger partial charge in [0, 0.05) is 0 Å². The summed E-state index contributed by atoms with van der Waals surface area (Å²) in [6, 6.07) is -1.42. The standard InChI is InChI=1S/C8H13N5O3/c1-2-3-8(4-10-13-6(9)15)5(14)11-7(16)12-8/h4H,2-3H2,1H3,(H3,9,13,15)(H2,11,12,14,16)/b10-4+/t8-/m0/s1. The van der Waals surface area contributed by atoms with E-state index >= 15 is 0 Å². The molecule has 8 nitrogen and oxygen atoms in total. The van der Waals surface area contributed by atoms with E-state index in [-0.39, 0.29) is 0 Å². The number of nitrogens with one attached hydrogen (secondary N) is 3. The van der Waals surface area contributed by atoms with Crippen molar-refractivity contribution in [2.24, 2.45) is 10.8 Å². The molecule has 1 saturated heterocycles. The van der Waals surface area contributed by atoms with Crippen molar-refractivity contribution >= 4 is 24.2 Å². The SMILES string of the molecule is CCC[C@@]1(/C=N/NC(N)=O)NC(=O)NC1=O. The van der Waals surface area contributed by atoms with E-state index in [9.17, 15) is 14.4 Å². The van der Waals surface area contributed by atoms with Crippen LogP contribution in [0.5, 0.6) is 0 Å². The Labute approximate surface area is 91.6 Å². The number of nitrogens with zero attached hydrogens (tertiary/aromatic N) is 1. The minimum Gasteiger partial charge on any atom is -0.350 e. The molecule has 16 heavy (non-hydrogen) atoms. The molecule has 0 spiro atoms.